The Hall–Kier alpha value is -3.27. The normalized spacial score (nSPS) is 11.9. The molecule has 170 valence electrons. The largest absolute Gasteiger partial charge is 0.452 e. The van der Waals surface area contributed by atoms with E-state index in [4.69, 9.17) is 9.26 Å². The lowest BCUT2D eigenvalue weighted by atomic mass is 10.2. The van der Waals surface area contributed by atoms with Crippen LogP contribution >= 0.6 is 11.8 Å². The number of carbonyl (C=O) groups excluding carboxylic acids is 2. The van der Waals surface area contributed by atoms with Crippen LogP contribution in [0.2, 0.25) is 0 Å². The van der Waals surface area contributed by atoms with Gasteiger partial charge >= 0.3 is 5.97 Å². The highest BCUT2D eigenvalue weighted by Gasteiger charge is 2.23. The summed E-state index contributed by atoms with van der Waals surface area (Å²) in [5, 5.41) is 6.49. The number of thioether (sulfide) groups is 1. The van der Waals surface area contributed by atoms with Gasteiger partial charge in [0.2, 0.25) is 0 Å². The molecule has 1 amide bonds. The van der Waals surface area contributed by atoms with Crippen LogP contribution in [0.25, 0.3) is 5.69 Å². The molecule has 3 aromatic rings. The van der Waals surface area contributed by atoms with E-state index in [9.17, 15) is 14.4 Å². The van der Waals surface area contributed by atoms with E-state index in [0.717, 1.165) is 17.0 Å². The van der Waals surface area contributed by atoms with E-state index in [-0.39, 0.29) is 17.0 Å². The molecule has 1 N–H and O–H groups in total. The minimum absolute atomic E-state index is 0.0762. The smallest absolute Gasteiger partial charge is 0.316 e. The number of anilines is 1. The van der Waals surface area contributed by atoms with Crippen molar-refractivity contribution in [3.8, 4) is 5.69 Å². The SMILES string of the molecule is Cc1noc(C)c1CSCC(=O)O[C@@H](C)C(=O)Nc1c(C)n(C)n(-c2ccccc2)c1=O. The Labute approximate surface area is 189 Å². The summed E-state index contributed by atoms with van der Waals surface area (Å²) in [6, 6.07) is 9.12. The minimum atomic E-state index is -1.05. The van der Waals surface area contributed by atoms with Crippen molar-refractivity contribution >= 4 is 29.3 Å². The van der Waals surface area contributed by atoms with Gasteiger partial charge in [0, 0.05) is 18.4 Å². The zero-order chi connectivity index (χ0) is 23.4. The molecule has 1 atom stereocenters. The fourth-order valence-corrected chi connectivity index (χ4v) is 4.12. The molecule has 0 saturated carbocycles. The average molecular weight is 459 g/mol. The maximum Gasteiger partial charge on any atom is 0.316 e. The topological polar surface area (TPSA) is 108 Å². The van der Waals surface area contributed by atoms with Crippen LogP contribution in [-0.2, 0) is 27.1 Å². The van der Waals surface area contributed by atoms with Crippen LogP contribution in [0.4, 0.5) is 5.69 Å². The van der Waals surface area contributed by atoms with Crippen LogP contribution in [0, 0.1) is 20.8 Å². The number of para-hydroxylation sites is 1. The van der Waals surface area contributed by atoms with Crippen molar-refractivity contribution in [2.45, 2.75) is 39.6 Å². The van der Waals surface area contributed by atoms with E-state index >= 15 is 0 Å². The van der Waals surface area contributed by atoms with Crippen molar-refractivity contribution in [1.29, 1.82) is 0 Å². The molecular formula is C22H26N4O5S. The molecule has 0 spiro atoms. The molecule has 10 heteroatoms. The van der Waals surface area contributed by atoms with Gasteiger partial charge in [0.1, 0.15) is 11.4 Å². The number of aryl methyl sites for hydroxylation is 2. The molecule has 0 fully saturated rings. The van der Waals surface area contributed by atoms with Gasteiger partial charge in [-0.15, -0.1) is 11.8 Å². The van der Waals surface area contributed by atoms with E-state index in [1.165, 1.54) is 23.4 Å². The number of nitrogens with one attached hydrogen (secondary N) is 1. The van der Waals surface area contributed by atoms with Crippen LogP contribution in [0.1, 0.15) is 29.6 Å². The lowest BCUT2D eigenvalue weighted by Crippen LogP contribution is -2.32. The lowest BCUT2D eigenvalue weighted by molar-refractivity contribution is -0.150. The van der Waals surface area contributed by atoms with Crippen LogP contribution in [0.5, 0.6) is 0 Å². The van der Waals surface area contributed by atoms with E-state index in [1.54, 1.807) is 30.8 Å². The van der Waals surface area contributed by atoms with Gasteiger partial charge in [-0.05, 0) is 39.8 Å². The first-order chi connectivity index (χ1) is 15.2. The van der Waals surface area contributed by atoms with Crippen LogP contribution in [0.15, 0.2) is 39.6 Å². The molecule has 2 aromatic heterocycles. The number of carbonyl (C=O) groups is 2. The monoisotopic (exact) mass is 458 g/mol. The standard InChI is InChI=1S/C22H26N4O5S/c1-13-18(15(3)31-24-13)11-32-12-19(27)30-16(4)21(28)23-20-14(2)25(5)26(22(20)29)17-9-7-6-8-10-17/h6-10,16H,11-12H2,1-5H3,(H,23,28)/t16-/m0/s1. The van der Waals surface area contributed by atoms with Gasteiger partial charge in [0.05, 0.1) is 22.8 Å². The Morgan fingerprint density at radius 3 is 2.53 bits per heavy atom. The second-order valence-corrected chi connectivity index (χ2v) is 8.34. The first kappa shape index (κ1) is 23.4. The highest BCUT2D eigenvalue weighted by molar-refractivity contribution is 7.99. The van der Waals surface area contributed by atoms with Crippen LogP contribution < -0.4 is 10.9 Å². The highest BCUT2D eigenvalue weighted by Crippen LogP contribution is 2.20. The summed E-state index contributed by atoms with van der Waals surface area (Å²) < 4.78 is 13.5. The lowest BCUT2D eigenvalue weighted by Gasteiger charge is -2.13. The molecule has 0 aliphatic carbocycles. The number of benzene rings is 1. The molecule has 3 rings (SSSR count). The Kier molecular flexibility index (Phi) is 7.24. The second kappa shape index (κ2) is 9.90. The summed E-state index contributed by atoms with van der Waals surface area (Å²) in [6.07, 6.45) is -1.05. The van der Waals surface area contributed by atoms with E-state index in [1.807, 2.05) is 32.0 Å². The van der Waals surface area contributed by atoms with Crippen LogP contribution in [0.3, 0.4) is 0 Å². The molecule has 9 nitrogen and oxygen atoms in total. The van der Waals surface area contributed by atoms with Gasteiger partial charge < -0.3 is 14.6 Å². The molecule has 0 unspecified atom stereocenters. The first-order valence-electron chi connectivity index (χ1n) is 10.0. The summed E-state index contributed by atoms with van der Waals surface area (Å²) in [7, 11) is 1.74. The summed E-state index contributed by atoms with van der Waals surface area (Å²) in [4.78, 5) is 37.6. The third-order valence-corrected chi connectivity index (χ3v) is 6.06. The predicted molar refractivity (Wildman–Crippen MR) is 122 cm³/mol. The number of hydrogen-bond acceptors (Lipinski definition) is 7. The molecule has 32 heavy (non-hydrogen) atoms. The van der Waals surface area contributed by atoms with Crippen molar-refractivity contribution in [2.75, 3.05) is 11.1 Å². The summed E-state index contributed by atoms with van der Waals surface area (Å²) >= 11 is 1.35. The van der Waals surface area contributed by atoms with Gasteiger partial charge in [-0.3, -0.25) is 19.1 Å². The Morgan fingerprint density at radius 1 is 1.22 bits per heavy atom. The number of hydrogen-bond donors (Lipinski definition) is 1. The summed E-state index contributed by atoms with van der Waals surface area (Å²) in [6.45, 7) is 6.87. The number of rotatable bonds is 8. The van der Waals surface area contributed by atoms with Gasteiger partial charge in [0.15, 0.2) is 6.10 Å². The molecule has 0 aliphatic heterocycles. The fraction of sp³-hybridized carbons (Fsp3) is 0.364. The van der Waals surface area contributed by atoms with E-state index < -0.39 is 18.0 Å². The molecule has 0 bridgehead atoms. The summed E-state index contributed by atoms with van der Waals surface area (Å²) in [5.74, 6) is 0.262. The van der Waals surface area contributed by atoms with Gasteiger partial charge in [-0.2, -0.15) is 0 Å². The third kappa shape index (κ3) is 4.96. The van der Waals surface area contributed by atoms with Crippen molar-refractivity contribution < 1.29 is 18.8 Å². The van der Waals surface area contributed by atoms with Gasteiger partial charge in [-0.25, -0.2) is 4.68 Å². The maximum atomic E-state index is 12.9. The predicted octanol–water partition coefficient (Wildman–Crippen LogP) is 2.89. The Balaban J connectivity index is 1.60. The number of amides is 1. The Bertz CT molecular complexity index is 1160. The zero-order valence-electron chi connectivity index (χ0n) is 18.7. The van der Waals surface area contributed by atoms with Crippen molar-refractivity contribution in [3.05, 3.63) is 63.4 Å². The third-order valence-electron chi connectivity index (χ3n) is 5.13. The zero-order valence-corrected chi connectivity index (χ0v) is 19.5. The van der Waals surface area contributed by atoms with Gasteiger partial charge in [-0.1, -0.05) is 23.4 Å². The van der Waals surface area contributed by atoms with Crippen molar-refractivity contribution in [3.63, 3.8) is 0 Å². The average Bonchev–Trinajstić information content (AvgIpc) is 3.19. The minimum Gasteiger partial charge on any atom is -0.452 e. The molecule has 0 radical (unpaired) electrons. The number of ether oxygens (including phenoxy) is 1. The highest BCUT2D eigenvalue weighted by atomic mass is 32.2. The maximum absolute atomic E-state index is 12.9. The van der Waals surface area contributed by atoms with Crippen LogP contribution in [-0.4, -0.2) is 38.3 Å². The molecule has 0 aliphatic rings. The first-order valence-corrected chi connectivity index (χ1v) is 11.2. The van der Waals surface area contributed by atoms with Gasteiger partial charge in [0.25, 0.3) is 11.5 Å². The quantitative estimate of drug-likeness (QED) is 0.517. The van der Waals surface area contributed by atoms with E-state index in [0.29, 0.717) is 17.1 Å². The van der Waals surface area contributed by atoms with Crippen molar-refractivity contribution in [2.24, 2.45) is 7.05 Å². The van der Waals surface area contributed by atoms with E-state index in [2.05, 4.69) is 10.5 Å². The number of nitrogens with zero attached hydrogens (tertiary/aromatic N) is 3. The summed E-state index contributed by atoms with van der Waals surface area (Å²) in [5.41, 5.74) is 2.78. The second-order valence-electron chi connectivity index (χ2n) is 7.35. The molecule has 2 heterocycles. The number of aromatic nitrogens is 3. The molecule has 1 aromatic carbocycles. The number of esters is 1. The molecular weight excluding hydrogens is 432 g/mol. The Morgan fingerprint density at radius 2 is 1.91 bits per heavy atom. The molecule has 0 saturated heterocycles. The van der Waals surface area contributed by atoms with Crippen molar-refractivity contribution in [1.82, 2.24) is 14.5 Å². The fourth-order valence-electron chi connectivity index (χ4n) is 3.17.